The summed E-state index contributed by atoms with van der Waals surface area (Å²) in [5, 5.41) is 2.03. The third kappa shape index (κ3) is 1.68. The van der Waals surface area contributed by atoms with E-state index in [-0.39, 0.29) is 4.08 Å². The van der Waals surface area contributed by atoms with E-state index in [1.54, 1.807) is 0 Å². The minimum atomic E-state index is 0.218. The Kier molecular flexibility index (Phi) is 2.92. The van der Waals surface area contributed by atoms with Crippen LogP contribution in [0.4, 0.5) is 0 Å². The molecule has 2 heterocycles. The predicted molar refractivity (Wildman–Crippen MR) is 70.5 cm³/mol. The quantitative estimate of drug-likeness (QED) is 0.762. The van der Waals surface area contributed by atoms with E-state index in [9.17, 15) is 0 Å². The Balaban J connectivity index is 1.97. The molecule has 16 heavy (non-hydrogen) atoms. The molecule has 3 rings (SSSR count). The molecule has 2 aliphatic heterocycles. The van der Waals surface area contributed by atoms with Gasteiger partial charge >= 0.3 is 0 Å². The highest BCUT2D eigenvalue weighted by Gasteiger charge is 2.51. The Morgan fingerprint density at radius 2 is 1.94 bits per heavy atom. The molecular weight excluding hydrogens is 238 g/mol. The molecule has 2 nitrogen and oxygen atoms in total. The van der Waals surface area contributed by atoms with Crippen LogP contribution in [0.1, 0.15) is 11.6 Å². The Morgan fingerprint density at radius 3 is 2.62 bits per heavy atom. The van der Waals surface area contributed by atoms with E-state index in [0.29, 0.717) is 6.04 Å². The molecule has 1 aromatic carbocycles. The van der Waals surface area contributed by atoms with E-state index >= 15 is 0 Å². The second-order valence-corrected chi connectivity index (χ2v) is 7.25. The number of hydrogen-bond acceptors (Lipinski definition) is 4. The summed E-state index contributed by atoms with van der Waals surface area (Å²) in [4.78, 5) is 5.75. The van der Waals surface area contributed by atoms with Gasteiger partial charge in [0, 0.05) is 18.6 Å². The standard InChI is InChI=1S/C12H15NOS2/c1-13-11(10-5-3-2-4-6-10)12(9-14-13)15-7-8-16-12/h2-6,11H,7-9H2,1H3/t11-/m1/s1. The first kappa shape index (κ1) is 11.0. The molecule has 2 fully saturated rings. The molecule has 1 aromatic rings. The van der Waals surface area contributed by atoms with E-state index in [4.69, 9.17) is 4.84 Å². The minimum Gasteiger partial charge on any atom is -0.296 e. The largest absolute Gasteiger partial charge is 0.296 e. The topological polar surface area (TPSA) is 12.5 Å². The summed E-state index contributed by atoms with van der Waals surface area (Å²) < 4.78 is 0.218. The maximum Gasteiger partial charge on any atom is 0.108 e. The van der Waals surface area contributed by atoms with Crippen molar-refractivity contribution in [1.29, 1.82) is 0 Å². The van der Waals surface area contributed by atoms with Crippen LogP contribution in [0.2, 0.25) is 0 Å². The zero-order valence-electron chi connectivity index (χ0n) is 9.26. The molecule has 2 saturated heterocycles. The van der Waals surface area contributed by atoms with Crippen LogP contribution < -0.4 is 0 Å². The van der Waals surface area contributed by atoms with Crippen molar-refractivity contribution < 1.29 is 4.84 Å². The van der Waals surface area contributed by atoms with Crippen LogP contribution >= 0.6 is 23.5 Å². The number of thioether (sulfide) groups is 2. The van der Waals surface area contributed by atoms with Gasteiger partial charge in [-0.2, -0.15) is 5.06 Å². The van der Waals surface area contributed by atoms with Crippen molar-refractivity contribution in [2.45, 2.75) is 10.1 Å². The van der Waals surface area contributed by atoms with Gasteiger partial charge in [0.05, 0.1) is 12.6 Å². The second kappa shape index (κ2) is 4.26. The number of benzene rings is 1. The van der Waals surface area contributed by atoms with Crippen LogP contribution in [0.3, 0.4) is 0 Å². The molecule has 4 heteroatoms. The molecule has 0 saturated carbocycles. The fraction of sp³-hybridized carbons (Fsp3) is 0.500. The molecule has 86 valence electrons. The average molecular weight is 253 g/mol. The third-order valence-corrected chi connectivity index (χ3v) is 6.58. The summed E-state index contributed by atoms with van der Waals surface area (Å²) in [7, 11) is 2.05. The predicted octanol–water partition coefficient (Wildman–Crippen LogP) is 2.78. The van der Waals surface area contributed by atoms with Gasteiger partial charge in [0.1, 0.15) is 4.08 Å². The summed E-state index contributed by atoms with van der Waals surface area (Å²) >= 11 is 4.11. The van der Waals surface area contributed by atoms with Crippen LogP contribution in [0.15, 0.2) is 30.3 Å². The lowest BCUT2D eigenvalue weighted by Crippen LogP contribution is -2.29. The minimum absolute atomic E-state index is 0.218. The van der Waals surface area contributed by atoms with Crippen molar-refractivity contribution >= 4 is 23.5 Å². The Labute approximate surface area is 105 Å². The van der Waals surface area contributed by atoms with Gasteiger partial charge in [0.15, 0.2) is 0 Å². The first-order valence-corrected chi connectivity index (χ1v) is 7.48. The van der Waals surface area contributed by atoms with Crippen molar-refractivity contribution in [3.63, 3.8) is 0 Å². The van der Waals surface area contributed by atoms with Gasteiger partial charge < -0.3 is 0 Å². The monoisotopic (exact) mass is 253 g/mol. The van der Waals surface area contributed by atoms with E-state index in [2.05, 4.69) is 53.9 Å². The highest BCUT2D eigenvalue weighted by Crippen LogP contribution is 2.56. The highest BCUT2D eigenvalue weighted by molar-refractivity contribution is 8.21. The summed E-state index contributed by atoms with van der Waals surface area (Å²) in [6.45, 7) is 0.832. The average Bonchev–Trinajstić information content (AvgIpc) is 2.90. The maximum atomic E-state index is 5.75. The smallest absolute Gasteiger partial charge is 0.108 e. The van der Waals surface area contributed by atoms with E-state index in [0.717, 1.165) is 6.61 Å². The Bertz CT molecular complexity index is 365. The fourth-order valence-corrected chi connectivity index (χ4v) is 5.78. The highest BCUT2D eigenvalue weighted by atomic mass is 32.2. The molecule has 2 aliphatic rings. The lowest BCUT2D eigenvalue weighted by Gasteiger charge is -2.29. The molecule has 0 bridgehead atoms. The summed E-state index contributed by atoms with van der Waals surface area (Å²) in [6, 6.07) is 11.1. The van der Waals surface area contributed by atoms with Crippen LogP contribution in [0.5, 0.6) is 0 Å². The molecule has 1 spiro atoms. The second-order valence-electron chi connectivity index (χ2n) is 4.14. The fourth-order valence-electron chi connectivity index (χ4n) is 2.43. The molecule has 0 amide bonds. The maximum absolute atomic E-state index is 5.75. The number of rotatable bonds is 1. The van der Waals surface area contributed by atoms with Crippen LogP contribution in [-0.2, 0) is 4.84 Å². The number of nitrogens with zero attached hydrogens (tertiary/aromatic N) is 1. The summed E-state index contributed by atoms with van der Waals surface area (Å²) in [6.07, 6.45) is 0. The van der Waals surface area contributed by atoms with Gasteiger partial charge in [0.25, 0.3) is 0 Å². The zero-order valence-corrected chi connectivity index (χ0v) is 10.9. The van der Waals surface area contributed by atoms with Crippen LogP contribution in [0, 0.1) is 0 Å². The van der Waals surface area contributed by atoms with E-state index in [1.807, 2.05) is 12.1 Å². The first-order valence-electron chi connectivity index (χ1n) is 5.50. The Hall–Kier alpha value is -0.160. The van der Waals surface area contributed by atoms with Gasteiger partial charge in [0.2, 0.25) is 0 Å². The van der Waals surface area contributed by atoms with E-state index in [1.165, 1.54) is 17.1 Å². The molecular formula is C12H15NOS2. The van der Waals surface area contributed by atoms with E-state index < -0.39 is 0 Å². The third-order valence-electron chi connectivity index (χ3n) is 3.14. The van der Waals surface area contributed by atoms with Crippen molar-refractivity contribution in [3.05, 3.63) is 35.9 Å². The van der Waals surface area contributed by atoms with Gasteiger partial charge in [-0.3, -0.25) is 4.84 Å². The summed E-state index contributed by atoms with van der Waals surface area (Å²) in [5.74, 6) is 2.48. The van der Waals surface area contributed by atoms with Gasteiger partial charge in [-0.05, 0) is 5.56 Å². The molecule has 0 aliphatic carbocycles. The molecule has 0 unspecified atom stereocenters. The van der Waals surface area contributed by atoms with Gasteiger partial charge in [-0.25, -0.2) is 0 Å². The van der Waals surface area contributed by atoms with Gasteiger partial charge in [-0.15, -0.1) is 23.5 Å². The van der Waals surface area contributed by atoms with Crippen molar-refractivity contribution in [2.24, 2.45) is 0 Å². The SMILES string of the molecule is CN1OCC2(SCCS2)[C@H]1c1ccccc1. The Morgan fingerprint density at radius 1 is 1.25 bits per heavy atom. The van der Waals surface area contributed by atoms with Gasteiger partial charge in [-0.1, -0.05) is 30.3 Å². The first-order chi connectivity index (χ1) is 7.82. The van der Waals surface area contributed by atoms with Crippen molar-refractivity contribution in [2.75, 3.05) is 25.2 Å². The number of hydrogen-bond donors (Lipinski definition) is 0. The molecule has 0 aromatic heterocycles. The van der Waals surface area contributed by atoms with Crippen LogP contribution in [0.25, 0.3) is 0 Å². The summed E-state index contributed by atoms with van der Waals surface area (Å²) in [5.41, 5.74) is 1.37. The normalized spacial score (nSPS) is 28.9. The molecule has 0 N–H and O–H groups in total. The number of hydroxylamine groups is 2. The van der Waals surface area contributed by atoms with Crippen molar-refractivity contribution in [3.8, 4) is 0 Å². The molecule has 0 radical (unpaired) electrons. The van der Waals surface area contributed by atoms with Crippen LogP contribution in [-0.4, -0.2) is 34.3 Å². The zero-order chi connectivity index (χ0) is 11.0. The lowest BCUT2D eigenvalue weighted by molar-refractivity contribution is -0.110. The lowest BCUT2D eigenvalue weighted by atomic mass is 10.0. The molecule has 1 atom stereocenters. The van der Waals surface area contributed by atoms with Crippen molar-refractivity contribution in [1.82, 2.24) is 5.06 Å².